The molecule has 1 amide bonds. The van der Waals surface area contributed by atoms with Gasteiger partial charge in [-0.15, -0.1) is 0 Å². The van der Waals surface area contributed by atoms with Crippen LogP contribution in [0.1, 0.15) is 41.4 Å². The average Bonchev–Trinajstić information content (AvgIpc) is 3.27. The number of nitrogens with one attached hydrogen (secondary N) is 1. The number of phenolic OH excluding ortho intramolecular Hbond substituents is 1. The maximum absolute atomic E-state index is 12.5. The average molecular weight is 385 g/mol. The monoisotopic (exact) mass is 385 g/mol. The number of aryl methyl sites for hydroxylation is 1. The summed E-state index contributed by atoms with van der Waals surface area (Å²) in [5.74, 6) is -0.625. The van der Waals surface area contributed by atoms with Crippen LogP contribution in [0, 0.1) is 17.0 Å². The van der Waals surface area contributed by atoms with Crippen LogP contribution in [-0.2, 0) is 6.67 Å². The van der Waals surface area contributed by atoms with E-state index in [4.69, 9.17) is 0 Å². The van der Waals surface area contributed by atoms with Crippen LogP contribution < -0.4 is 5.32 Å². The summed E-state index contributed by atoms with van der Waals surface area (Å²) in [5, 5.41) is 31.3. The first kappa shape index (κ1) is 19.0. The first-order valence-corrected chi connectivity index (χ1v) is 8.46. The number of aromatic hydroxyl groups is 1. The van der Waals surface area contributed by atoms with E-state index >= 15 is 0 Å². The standard InChI is InChI=1S/C17H19N7O4/c1-10(2)12-7-14(11(3)6-15(12)25)19-16(26)13-4-5-22(20-13)9-23-8-18-17(21-23)24(27)28/h4-8,10,25H,9H2,1-3H3,(H,19,26). The number of phenols is 1. The zero-order valence-corrected chi connectivity index (χ0v) is 15.5. The van der Waals surface area contributed by atoms with Gasteiger partial charge in [-0.2, -0.15) is 9.78 Å². The number of aromatic nitrogens is 5. The zero-order valence-electron chi connectivity index (χ0n) is 15.5. The molecule has 0 aliphatic heterocycles. The van der Waals surface area contributed by atoms with Crippen molar-refractivity contribution in [2.45, 2.75) is 33.4 Å². The highest BCUT2D eigenvalue weighted by atomic mass is 16.6. The molecule has 0 spiro atoms. The molecule has 0 aliphatic rings. The van der Waals surface area contributed by atoms with Gasteiger partial charge in [0.05, 0.1) is 0 Å². The molecule has 0 saturated carbocycles. The summed E-state index contributed by atoms with van der Waals surface area (Å²) in [6, 6.07) is 4.89. The topological polar surface area (TPSA) is 141 Å². The Morgan fingerprint density at radius 3 is 2.71 bits per heavy atom. The number of nitrogens with zero attached hydrogens (tertiary/aromatic N) is 6. The summed E-state index contributed by atoms with van der Waals surface area (Å²) in [6.45, 7) is 5.76. The minimum Gasteiger partial charge on any atom is -0.508 e. The third kappa shape index (κ3) is 3.98. The highest BCUT2D eigenvalue weighted by molar-refractivity contribution is 6.03. The number of carbonyl (C=O) groups is 1. The van der Waals surface area contributed by atoms with Crippen molar-refractivity contribution in [1.82, 2.24) is 24.5 Å². The Hall–Kier alpha value is -3.76. The number of carbonyl (C=O) groups excluding carboxylic acids is 1. The molecule has 2 heterocycles. The van der Waals surface area contributed by atoms with Crippen molar-refractivity contribution in [3.63, 3.8) is 0 Å². The van der Waals surface area contributed by atoms with Crippen LogP contribution in [0.4, 0.5) is 11.6 Å². The minimum absolute atomic E-state index is 0.0733. The Balaban J connectivity index is 1.74. The van der Waals surface area contributed by atoms with Crippen LogP contribution in [0.3, 0.4) is 0 Å². The molecule has 11 nitrogen and oxygen atoms in total. The van der Waals surface area contributed by atoms with Crippen molar-refractivity contribution >= 4 is 17.5 Å². The number of amides is 1. The molecule has 28 heavy (non-hydrogen) atoms. The number of hydrogen-bond donors (Lipinski definition) is 2. The molecule has 0 unspecified atom stereocenters. The van der Waals surface area contributed by atoms with Gasteiger partial charge in [-0.25, -0.2) is 4.68 Å². The van der Waals surface area contributed by atoms with Crippen molar-refractivity contribution in [2.24, 2.45) is 0 Å². The largest absolute Gasteiger partial charge is 0.508 e. The smallest absolute Gasteiger partial charge is 0.491 e. The molecule has 0 saturated heterocycles. The first-order chi connectivity index (χ1) is 13.2. The maximum atomic E-state index is 12.5. The molecule has 0 radical (unpaired) electrons. The number of benzene rings is 1. The van der Waals surface area contributed by atoms with Gasteiger partial charge in [0.25, 0.3) is 5.91 Å². The lowest BCUT2D eigenvalue weighted by molar-refractivity contribution is -0.394. The fourth-order valence-electron chi connectivity index (χ4n) is 2.64. The zero-order chi connectivity index (χ0) is 20.4. The Morgan fingerprint density at radius 1 is 1.32 bits per heavy atom. The lowest BCUT2D eigenvalue weighted by atomic mass is 9.99. The van der Waals surface area contributed by atoms with Crippen LogP contribution in [0.2, 0.25) is 0 Å². The van der Waals surface area contributed by atoms with E-state index in [1.165, 1.54) is 21.8 Å². The number of anilines is 1. The highest BCUT2D eigenvalue weighted by Gasteiger charge is 2.16. The van der Waals surface area contributed by atoms with E-state index in [-0.39, 0.29) is 24.0 Å². The highest BCUT2D eigenvalue weighted by Crippen LogP contribution is 2.31. The van der Waals surface area contributed by atoms with Gasteiger partial charge in [0.15, 0.2) is 12.4 Å². The van der Waals surface area contributed by atoms with Crippen molar-refractivity contribution in [3.05, 3.63) is 57.7 Å². The predicted molar refractivity (Wildman–Crippen MR) is 99.2 cm³/mol. The van der Waals surface area contributed by atoms with E-state index < -0.39 is 16.8 Å². The number of nitro groups is 1. The van der Waals surface area contributed by atoms with E-state index in [1.807, 2.05) is 13.8 Å². The summed E-state index contributed by atoms with van der Waals surface area (Å²) < 4.78 is 2.66. The van der Waals surface area contributed by atoms with Crippen LogP contribution in [0.5, 0.6) is 5.75 Å². The fraction of sp³-hybridized carbons (Fsp3) is 0.294. The summed E-state index contributed by atoms with van der Waals surface area (Å²) in [7, 11) is 0. The molecule has 3 rings (SSSR count). The summed E-state index contributed by atoms with van der Waals surface area (Å²) in [6.07, 6.45) is 2.78. The molecule has 11 heteroatoms. The van der Waals surface area contributed by atoms with Crippen molar-refractivity contribution in [1.29, 1.82) is 0 Å². The van der Waals surface area contributed by atoms with Gasteiger partial charge in [-0.05, 0) is 47.1 Å². The van der Waals surface area contributed by atoms with E-state index in [9.17, 15) is 20.0 Å². The van der Waals surface area contributed by atoms with Crippen molar-refractivity contribution in [2.75, 3.05) is 5.32 Å². The minimum atomic E-state index is -0.691. The van der Waals surface area contributed by atoms with Crippen molar-refractivity contribution in [3.8, 4) is 5.75 Å². The summed E-state index contributed by atoms with van der Waals surface area (Å²) in [4.78, 5) is 26.0. The number of rotatable bonds is 6. The van der Waals surface area contributed by atoms with E-state index in [1.54, 1.807) is 25.3 Å². The van der Waals surface area contributed by atoms with Crippen LogP contribution in [0.15, 0.2) is 30.7 Å². The third-order valence-electron chi connectivity index (χ3n) is 4.09. The quantitative estimate of drug-likeness (QED) is 0.377. The summed E-state index contributed by atoms with van der Waals surface area (Å²) >= 11 is 0. The maximum Gasteiger partial charge on any atom is 0.491 e. The van der Waals surface area contributed by atoms with Gasteiger partial charge in [-0.3, -0.25) is 4.79 Å². The second-order valence-electron chi connectivity index (χ2n) is 6.56. The first-order valence-electron chi connectivity index (χ1n) is 8.46. The van der Waals surface area contributed by atoms with Crippen LogP contribution in [0.25, 0.3) is 0 Å². The SMILES string of the molecule is Cc1cc(O)c(C(C)C)cc1NC(=O)c1ccn(Cn2cnc([N+](=O)[O-])n2)n1. The van der Waals surface area contributed by atoms with Gasteiger partial charge in [0.2, 0.25) is 6.33 Å². The lowest BCUT2D eigenvalue weighted by Gasteiger charge is -2.14. The molecular weight excluding hydrogens is 366 g/mol. The van der Waals surface area contributed by atoms with Gasteiger partial charge in [0.1, 0.15) is 5.75 Å². The predicted octanol–water partition coefficient (Wildman–Crippen LogP) is 2.28. The lowest BCUT2D eigenvalue weighted by Crippen LogP contribution is -2.16. The second kappa shape index (κ2) is 7.47. The van der Waals surface area contributed by atoms with E-state index in [2.05, 4.69) is 20.5 Å². The molecule has 1 aromatic carbocycles. The molecule has 2 N–H and O–H groups in total. The molecule has 146 valence electrons. The van der Waals surface area contributed by atoms with Gasteiger partial charge >= 0.3 is 5.95 Å². The van der Waals surface area contributed by atoms with Crippen LogP contribution >= 0.6 is 0 Å². The van der Waals surface area contributed by atoms with Crippen molar-refractivity contribution < 1.29 is 14.8 Å². The Bertz CT molecular complexity index is 1040. The Kier molecular flexibility index (Phi) is 5.07. The summed E-state index contributed by atoms with van der Waals surface area (Å²) in [5.41, 5.74) is 2.23. The van der Waals surface area contributed by atoms with Crippen LogP contribution in [-0.4, -0.2) is 40.5 Å². The Morgan fingerprint density at radius 2 is 2.07 bits per heavy atom. The van der Waals surface area contributed by atoms with E-state index in [0.29, 0.717) is 5.69 Å². The fourth-order valence-corrected chi connectivity index (χ4v) is 2.64. The van der Waals surface area contributed by atoms with Gasteiger partial charge in [-0.1, -0.05) is 18.8 Å². The Labute approximate surface area is 159 Å². The third-order valence-corrected chi connectivity index (χ3v) is 4.09. The normalized spacial score (nSPS) is 11.0. The molecule has 2 aromatic heterocycles. The molecule has 0 bridgehead atoms. The molecule has 0 aliphatic carbocycles. The van der Waals surface area contributed by atoms with Gasteiger partial charge < -0.3 is 20.5 Å². The number of hydrogen-bond acceptors (Lipinski definition) is 7. The molecular formula is C17H19N7O4. The molecule has 0 atom stereocenters. The molecule has 0 fully saturated rings. The van der Waals surface area contributed by atoms with E-state index in [0.717, 1.165) is 11.1 Å². The second-order valence-corrected chi connectivity index (χ2v) is 6.56. The molecule has 3 aromatic rings. The van der Waals surface area contributed by atoms with Gasteiger partial charge in [0, 0.05) is 17.0 Å².